The molecular weight excluding hydrogens is 300 g/mol. The molecule has 0 unspecified atom stereocenters. The summed E-state index contributed by atoms with van der Waals surface area (Å²) in [4.78, 5) is 14.5. The molecule has 1 amide bonds. The van der Waals surface area contributed by atoms with Crippen molar-refractivity contribution in [2.45, 2.75) is 25.4 Å². The number of carbonyl (C=O) groups is 1. The molecule has 1 aromatic carbocycles. The Labute approximate surface area is 143 Å². The van der Waals surface area contributed by atoms with Gasteiger partial charge >= 0.3 is 0 Å². The number of aryl methyl sites for hydroxylation is 1. The van der Waals surface area contributed by atoms with E-state index < -0.39 is 0 Å². The first-order valence-electron chi connectivity index (χ1n) is 8.42. The van der Waals surface area contributed by atoms with Crippen molar-refractivity contribution in [3.05, 3.63) is 59.9 Å². The van der Waals surface area contributed by atoms with Crippen molar-refractivity contribution in [1.82, 2.24) is 20.0 Å². The standard InChI is InChI=1S/C19H24N4O/c1-22-14-17(13-20-22)7-8-19(24)21-18-9-11-23(12-10-18)15-16-5-3-2-4-6-16/h2-8,13-14,18H,9-12,15H2,1H3,(H,21,24)/b8-7+. The van der Waals surface area contributed by atoms with Gasteiger partial charge in [0.05, 0.1) is 6.20 Å². The maximum atomic E-state index is 12.0. The van der Waals surface area contributed by atoms with E-state index >= 15 is 0 Å². The molecule has 2 heterocycles. The Morgan fingerprint density at radius 2 is 2.04 bits per heavy atom. The number of hydrogen-bond acceptors (Lipinski definition) is 3. The quantitative estimate of drug-likeness (QED) is 0.858. The van der Waals surface area contributed by atoms with Crippen molar-refractivity contribution in [3.8, 4) is 0 Å². The van der Waals surface area contributed by atoms with Crippen molar-refractivity contribution in [2.75, 3.05) is 13.1 Å². The van der Waals surface area contributed by atoms with Crippen LogP contribution in [0.3, 0.4) is 0 Å². The number of amides is 1. The minimum Gasteiger partial charge on any atom is -0.350 e. The summed E-state index contributed by atoms with van der Waals surface area (Å²) in [5.41, 5.74) is 2.28. The number of rotatable bonds is 5. The summed E-state index contributed by atoms with van der Waals surface area (Å²) in [5.74, 6) is -0.0274. The summed E-state index contributed by atoms with van der Waals surface area (Å²) in [6.45, 7) is 3.03. The van der Waals surface area contributed by atoms with Crippen LogP contribution in [0.4, 0.5) is 0 Å². The fourth-order valence-corrected chi connectivity index (χ4v) is 3.02. The van der Waals surface area contributed by atoms with E-state index in [2.05, 4.69) is 39.6 Å². The normalized spacial score (nSPS) is 16.5. The molecule has 2 aromatic rings. The molecule has 24 heavy (non-hydrogen) atoms. The largest absolute Gasteiger partial charge is 0.350 e. The average Bonchev–Trinajstić information content (AvgIpc) is 3.01. The number of carbonyl (C=O) groups excluding carboxylic acids is 1. The molecule has 126 valence electrons. The van der Waals surface area contributed by atoms with Crippen LogP contribution in [-0.4, -0.2) is 39.7 Å². The zero-order chi connectivity index (χ0) is 16.8. The second-order valence-corrected chi connectivity index (χ2v) is 6.33. The van der Waals surface area contributed by atoms with Crippen LogP contribution < -0.4 is 5.32 Å². The van der Waals surface area contributed by atoms with Crippen LogP contribution in [0.1, 0.15) is 24.0 Å². The zero-order valence-corrected chi connectivity index (χ0v) is 14.1. The van der Waals surface area contributed by atoms with Crippen molar-refractivity contribution in [1.29, 1.82) is 0 Å². The molecule has 1 saturated heterocycles. The highest BCUT2D eigenvalue weighted by Crippen LogP contribution is 2.14. The van der Waals surface area contributed by atoms with Crippen molar-refractivity contribution in [2.24, 2.45) is 7.05 Å². The summed E-state index contributed by atoms with van der Waals surface area (Å²) in [7, 11) is 1.86. The van der Waals surface area contributed by atoms with Crippen molar-refractivity contribution >= 4 is 12.0 Å². The molecule has 0 radical (unpaired) electrons. The van der Waals surface area contributed by atoms with Crippen LogP contribution >= 0.6 is 0 Å². The van der Waals surface area contributed by atoms with E-state index in [0.29, 0.717) is 0 Å². The van der Waals surface area contributed by atoms with Gasteiger partial charge in [0.2, 0.25) is 5.91 Å². The first kappa shape index (κ1) is 16.5. The second kappa shape index (κ2) is 7.93. The van der Waals surface area contributed by atoms with E-state index in [0.717, 1.165) is 38.0 Å². The van der Waals surface area contributed by atoms with Gasteiger partial charge in [-0.1, -0.05) is 30.3 Å². The summed E-state index contributed by atoms with van der Waals surface area (Å²) in [6.07, 6.45) is 9.01. The molecule has 3 rings (SSSR count). The van der Waals surface area contributed by atoms with Gasteiger partial charge in [0.1, 0.15) is 0 Å². The number of likely N-dealkylation sites (tertiary alicyclic amines) is 1. The summed E-state index contributed by atoms with van der Waals surface area (Å²) < 4.78 is 1.72. The minimum atomic E-state index is -0.0274. The fourth-order valence-electron chi connectivity index (χ4n) is 3.02. The monoisotopic (exact) mass is 324 g/mol. The maximum Gasteiger partial charge on any atom is 0.244 e. The Kier molecular flexibility index (Phi) is 5.43. The molecular formula is C19H24N4O. The summed E-state index contributed by atoms with van der Waals surface area (Å²) >= 11 is 0. The third-order valence-electron chi connectivity index (χ3n) is 4.33. The average molecular weight is 324 g/mol. The van der Waals surface area contributed by atoms with Gasteiger partial charge in [0.25, 0.3) is 0 Å². The highest BCUT2D eigenvalue weighted by molar-refractivity contribution is 5.91. The maximum absolute atomic E-state index is 12.0. The number of piperidine rings is 1. The molecule has 5 nitrogen and oxygen atoms in total. The third-order valence-corrected chi connectivity index (χ3v) is 4.33. The third kappa shape index (κ3) is 4.80. The molecule has 0 bridgehead atoms. The lowest BCUT2D eigenvalue weighted by Crippen LogP contribution is -2.43. The van der Waals surface area contributed by atoms with Gasteiger partial charge in [0, 0.05) is 50.6 Å². The SMILES string of the molecule is Cn1cc(/C=C/C(=O)NC2CCN(Cc3ccccc3)CC2)cn1. The molecule has 1 N–H and O–H groups in total. The Balaban J connectivity index is 1.42. The van der Waals surface area contributed by atoms with Gasteiger partial charge in [-0.05, 0) is 24.5 Å². The molecule has 1 aliphatic rings. The molecule has 0 saturated carbocycles. The highest BCUT2D eigenvalue weighted by atomic mass is 16.1. The van der Waals surface area contributed by atoms with Gasteiger partial charge < -0.3 is 5.32 Å². The Morgan fingerprint density at radius 1 is 1.29 bits per heavy atom. The van der Waals surface area contributed by atoms with E-state index in [1.54, 1.807) is 23.0 Å². The Morgan fingerprint density at radius 3 is 2.71 bits per heavy atom. The van der Waals surface area contributed by atoms with Crippen LogP contribution in [0.15, 0.2) is 48.8 Å². The fraction of sp³-hybridized carbons (Fsp3) is 0.368. The number of nitrogens with one attached hydrogen (secondary N) is 1. The van der Waals surface area contributed by atoms with Crippen LogP contribution in [0.25, 0.3) is 6.08 Å². The summed E-state index contributed by atoms with van der Waals surface area (Å²) in [6, 6.07) is 10.8. The second-order valence-electron chi connectivity index (χ2n) is 6.33. The smallest absolute Gasteiger partial charge is 0.244 e. The van der Waals surface area contributed by atoms with Gasteiger partial charge in [-0.15, -0.1) is 0 Å². The van der Waals surface area contributed by atoms with E-state index in [1.165, 1.54) is 5.56 Å². The van der Waals surface area contributed by atoms with Crippen LogP contribution in [-0.2, 0) is 18.4 Å². The lowest BCUT2D eigenvalue weighted by Gasteiger charge is -2.32. The van der Waals surface area contributed by atoms with Gasteiger partial charge in [-0.2, -0.15) is 5.10 Å². The van der Waals surface area contributed by atoms with Gasteiger partial charge in [-0.3, -0.25) is 14.4 Å². The predicted molar refractivity (Wildman–Crippen MR) is 95.1 cm³/mol. The van der Waals surface area contributed by atoms with Crippen molar-refractivity contribution < 1.29 is 4.79 Å². The lowest BCUT2D eigenvalue weighted by atomic mass is 10.0. The van der Waals surface area contributed by atoms with Crippen molar-refractivity contribution in [3.63, 3.8) is 0 Å². The first-order valence-corrected chi connectivity index (χ1v) is 8.42. The van der Waals surface area contributed by atoms with E-state index in [4.69, 9.17) is 0 Å². The molecule has 1 aliphatic heterocycles. The predicted octanol–water partition coefficient (Wildman–Crippen LogP) is 2.21. The van der Waals surface area contributed by atoms with Crippen LogP contribution in [0.5, 0.6) is 0 Å². The molecule has 1 fully saturated rings. The van der Waals surface area contributed by atoms with Crippen LogP contribution in [0, 0.1) is 0 Å². The molecule has 0 atom stereocenters. The first-order chi connectivity index (χ1) is 11.7. The molecule has 5 heteroatoms. The number of hydrogen-bond donors (Lipinski definition) is 1. The number of nitrogens with zero attached hydrogens (tertiary/aromatic N) is 3. The topological polar surface area (TPSA) is 50.2 Å². The Bertz CT molecular complexity index is 684. The minimum absolute atomic E-state index is 0.0274. The Hall–Kier alpha value is -2.40. The van der Waals surface area contributed by atoms with Gasteiger partial charge in [0.15, 0.2) is 0 Å². The summed E-state index contributed by atoms with van der Waals surface area (Å²) in [5, 5.41) is 7.18. The van der Waals surface area contributed by atoms with E-state index in [1.807, 2.05) is 19.3 Å². The van der Waals surface area contributed by atoms with E-state index in [-0.39, 0.29) is 11.9 Å². The highest BCUT2D eigenvalue weighted by Gasteiger charge is 2.19. The molecule has 0 aliphatic carbocycles. The molecule has 0 spiro atoms. The van der Waals surface area contributed by atoms with Crippen LogP contribution in [0.2, 0.25) is 0 Å². The number of benzene rings is 1. The van der Waals surface area contributed by atoms with Gasteiger partial charge in [-0.25, -0.2) is 0 Å². The lowest BCUT2D eigenvalue weighted by molar-refractivity contribution is -0.117. The van der Waals surface area contributed by atoms with E-state index in [9.17, 15) is 4.79 Å². The number of aromatic nitrogens is 2. The zero-order valence-electron chi connectivity index (χ0n) is 14.1. The molecule has 1 aromatic heterocycles.